The van der Waals surface area contributed by atoms with E-state index in [0.717, 1.165) is 37.5 Å². The predicted molar refractivity (Wildman–Crippen MR) is 176 cm³/mol. The number of carbonyl (C=O) groups is 2. The van der Waals surface area contributed by atoms with Gasteiger partial charge in [-0.25, -0.2) is 8.42 Å². The Labute approximate surface area is 270 Å². The Kier molecular flexibility index (Phi) is 11.9. The molecule has 1 aliphatic rings. The van der Waals surface area contributed by atoms with Gasteiger partial charge in [0.25, 0.3) is 0 Å². The number of benzene rings is 3. The van der Waals surface area contributed by atoms with Crippen LogP contribution in [0.5, 0.6) is 5.75 Å². The van der Waals surface area contributed by atoms with E-state index in [1.807, 2.05) is 30.3 Å². The fourth-order valence-corrected chi connectivity index (χ4v) is 7.01. The second kappa shape index (κ2) is 15.6. The number of ether oxygens (including phenoxy) is 1. The van der Waals surface area contributed by atoms with Crippen molar-refractivity contribution in [2.75, 3.05) is 24.2 Å². The lowest BCUT2D eigenvalue weighted by molar-refractivity contribution is -0.141. The summed E-state index contributed by atoms with van der Waals surface area (Å²) in [7, 11) is -2.09. The molecule has 0 bridgehead atoms. The molecule has 0 radical (unpaired) electrons. The van der Waals surface area contributed by atoms with Crippen molar-refractivity contribution in [1.82, 2.24) is 10.2 Å². The van der Waals surface area contributed by atoms with Gasteiger partial charge < -0.3 is 15.0 Å². The van der Waals surface area contributed by atoms with Crippen molar-refractivity contribution in [3.8, 4) is 5.75 Å². The zero-order chi connectivity index (χ0) is 31.7. The van der Waals surface area contributed by atoms with Gasteiger partial charge in [0.15, 0.2) is 0 Å². The molecule has 3 aromatic rings. The third-order valence-electron chi connectivity index (χ3n) is 7.88. The van der Waals surface area contributed by atoms with Crippen LogP contribution in [-0.4, -0.2) is 57.1 Å². The second-order valence-corrected chi connectivity index (χ2v) is 13.8. The highest BCUT2D eigenvalue weighted by Gasteiger charge is 2.33. The van der Waals surface area contributed by atoms with E-state index in [-0.39, 0.29) is 43.8 Å². The maximum absolute atomic E-state index is 14.1. The summed E-state index contributed by atoms with van der Waals surface area (Å²) in [6, 6.07) is 20.6. The first kappa shape index (κ1) is 33.6. The highest BCUT2D eigenvalue weighted by Crippen LogP contribution is 2.28. The molecule has 0 saturated heterocycles. The molecular formula is C33H39Cl2N3O5S. The number of nitrogens with one attached hydrogen (secondary N) is 1. The van der Waals surface area contributed by atoms with Gasteiger partial charge in [0.05, 0.1) is 19.1 Å². The van der Waals surface area contributed by atoms with Crippen LogP contribution < -0.4 is 14.4 Å². The molecule has 1 fully saturated rings. The van der Waals surface area contributed by atoms with Gasteiger partial charge in [0.1, 0.15) is 11.8 Å². The zero-order valence-electron chi connectivity index (χ0n) is 25.0. The first-order chi connectivity index (χ1) is 21.1. The van der Waals surface area contributed by atoms with Crippen molar-refractivity contribution in [2.24, 2.45) is 0 Å². The molecule has 1 aliphatic carbocycles. The summed E-state index contributed by atoms with van der Waals surface area (Å²) in [6.45, 7) is 0.108. The molecular weight excluding hydrogens is 621 g/mol. The topological polar surface area (TPSA) is 96.0 Å². The minimum absolute atomic E-state index is 0.00620. The third kappa shape index (κ3) is 9.13. The van der Waals surface area contributed by atoms with E-state index in [0.29, 0.717) is 33.5 Å². The van der Waals surface area contributed by atoms with Crippen LogP contribution in [0.2, 0.25) is 10.0 Å². The predicted octanol–water partition coefficient (Wildman–Crippen LogP) is 6.25. The number of sulfonamides is 1. The van der Waals surface area contributed by atoms with Crippen molar-refractivity contribution in [3.05, 3.63) is 94.0 Å². The summed E-state index contributed by atoms with van der Waals surface area (Å²) in [4.78, 5) is 29.5. The lowest BCUT2D eigenvalue weighted by Gasteiger charge is -2.33. The molecule has 0 spiro atoms. The first-order valence-corrected chi connectivity index (χ1v) is 17.4. The van der Waals surface area contributed by atoms with Gasteiger partial charge in [-0.15, -0.1) is 0 Å². The van der Waals surface area contributed by atoms with E-state index in [1.54, 1.807) is 47.4 Å². The standard InChI is InChI=1S/C33H39Cl2N3O5S/c1-43-27-19-17-26(18-20-27)38(44(2,41)42)21-9-16-32(39)37(23-28-29(34)14-8-15-30(28)35)31(22-24-10-4-3-5-11-24)33(40)36-25-12-6-7-13-25/h3-5,8,10-11,14-15,17-20,25,31H,6-7,9,12-13,16,21-23H2,1-2H3,(H,36,40)/t31-/m1/s1. The number of halogens is 2. The Morgan fingerprint density at radius 1 is 0.955 bits per heavy atom. The average molecular weight is 661 g/mol. The smallest absolute Gasteiger partial charge is 0.243 e. The summed E-state index contributed by atoms with van der Waals surface area (Å²) in [6.07, 6.45) is 5.58. The SMILES string of the molecule is COc1ccc(N(CCCC(=O)N(Cc2c(Cl)cccc2Cl)[C@H](Cc2ccccc2)C(=O)NC2CCCC2)S(C)(=O)=O)cc1. The van der Waals surface area contributed by atoms with E-state index in [2.05, 4.69) is 5.32 Å². The summed E-state index contributed by atoms with van der Waals surface area (Å²) in [5.41, 5.74) is 1.93. The Bertz CT molecular complexity index is 1490. The fraction of sp³-hybridized carbons (Fsp3) is 0.394. The average Bonchev–Trinajstić information content (AvgIpc) is 3.51. The number of methoxy groups -OCH3 is 1. The summed E-state index contributed by atoms with van der Waals surface area (Å²) in [5, 5.41) is 3.97. The Balaban J connectivity index is 1.61. The lowest BCUT2D eigenvalue weighted by Crippen LogP contribution is -2.52. The van der Waals surface area contributed by atoms with E-state index < -0.39 is 16.1 Å². The van der Waals surface area contributed by atoms with Gasteiger partial charge in [0.2, 0.25) is 21.8 Å². The van der Waals surface area contributed by atoms with Crippen molar-refractivity contribution in [1.29, 1.82) is 0 Å². The molecule has 236 valence electrons. The van der Waals surface area contributed by atoms with Gasteiger partial charge in [-0.05, 0) is 61.2 Å². The molecule has 4 rings (SSSR count). The van der Waals surface area contributed by atoms with Crippen LogP contribution in [0.25, 0.3) is 0 Å². The van der Waals surface area contributed by atoms with E-state index in [4.69, 9.17) is 27.9 Å². The van der Waals surface area contributed by atoms with E-state index >= 15 is 0 Å². The molecule has 11 heteroatoms. The molecule has 0 aliphatic heterocycles. The number of anilines is 1. The van der Waals surface area contributed by atoms with Gasteiger partial charge >= 0.3 is 0 Å². The van der Waals surface area contributed by atoms with Crippen molar-refractivity contribution in [2.45, 2.75) is 63.6 Å². The maximum atomic E-state index is 14.1. The van der Waals surface area contributed by atoms with Crippen LogP contribution in [0.3, 0.4) is 0 Å². The highest BCUT2D eigenvalue weighted by molar-refractivity contribution is 7.92. The number of hydrogen-bond donors (Lipinski definition) is 1. The number of carbonyl (C=O) groups excluding carboxylic acids is 2. The molecule has 1 atom stereocenters. The van der Waals surface area contributed by atoms with Crippen LogP contribution >= 0.6 is 23.2 Å². The Morgan fingerprint density at radius 3 is 2.18 bits per heavy atom. The molecule has 8 nitrogen and oxygen atoms in total. The lowest BCUT2D eigenvalue weighted by atomic mass is 10.0. The van der Waals surface area contributed by atoms with Crippen molar-refractivity contribution < 1.29 is 22.7 Å². The first-order valence-electron chi connectivity index (χ1n) is 14.7. The van der Waals surface area contributed by atoms with Crippen molar-refractivity contribution >= 4 is 50.7 Å². The largest absolute Gasteiger partial charge is 0.497 e. The zero-order valence-corrected chi connectivity index (χ0v) is 27.4. The minimum atomic E-state index is -3.63. The normalized spacial score (nSPS) is 14.2. The fourth-order valence-electron chi connectivity index (χ4n) is 5.53. The molecule has 0 heterocycles. The van der Waals surface area contributed by atoms with Gasteiger partial charge in [-0.2, -0.15) is 0 Å². The van der Waals surface area contributed by atoms with E-state index in [1.165, 1.54) is 11.4 Å². The van der Waals surface area contributed by atoms with Crippen LogP contribution in [0.4, 0.5) is 5.69 Å². The molecule has 3 aromatic carbocycles. The molecule has 0 aromatic heterocycles. The molecule has 1 N–H and O–H groups in total. The molecule has 2 amide bonds. The van der Waals surface area contributed by atoms with Crippen LogP contribution in [0.1, 0.15) is 49.7 Å². The van der Waals surface area contributed by atoms with Gasteiger partial charge in [0, 0.05) is 47.6 Å². The number of rotatable bonds is 14. The molecule has 44 heavy (non-hydrogen) atoms. The molecule has 0 unspecified atom stereocenters. The summed E-state index contributed by atoms with van der Waals surface area (Å²) < 4.78 is 31.9. The quantitative estimate of drug-likeness (QED) is 0.221. The van der Waals surface area contributed by atoms with Crippen molar-refractivity contribution in [3.63, 3.8) is 0 Å². The van der Waals surface area contributed by atoms with Gasteiger partial charge in [-0.3, -0.25) is 13.9 Å². The third-order valence-corrected chi connectivity index (χ3v) is 9.78. The maximum Gasteiger partial charge on any atom is 0.243 e. The van der Waals surface area contributed by atoms with Crippen LogP contribution in [0, 0.1) is 0 Å². The molecule has 1 saturated carbocycles. The summed E-state index contributed by atoms with van der Waals surface area (Å²) >= 11 is 13.1. The van der Waals surface area contributed by atoms with Gasteiger partial charge in [-0.1, -0.05) is 72.4 Å². The van der Waals surface area contributed by atoms with Crippen LogP contribution in [-0.2, 0) is 32.6 Å². The van der Waals surface area contributed by atoms with Crippen LogP contribution in [0.15, 0.2) is 72.8 Å². The summed E-state index contributed by atoms with van der Waals surface area (Å²) in [5.74, 6) is 0.0755. The Hall–Kier alpha value is -3.27. The van der Waals surface area contributed by atoms with E-state index in [9.17, 15) is 18.0 Å². The highest BCUT2D eigenvalue weighted by atomic mass is 35.5. The monoisotopic (exact) mass is 659 g/mol. The minimum Gasteiger partial charge on any atom is -0.497 e. The number of nitrogens with zero attached hydrogens (tertiary/aromatic N) is 2. The Morgan fingerprint density at radius 2 is 1.59 bits per heavy atom. The number of amides is 2. The second-order valence-electron chi connectivity index (χ2n) is 11.1. The number of hydrogen-bond acceptors (Lipinski definition) is 5.